The maximum atomic E-state index is 13.1. The zero-order chi connectivity index (χ0) is 50.8. The molecule has 70 heavy (non-hydrogen) atoms. The van der Waals surface area contributed by atoms with Crippen LogP contribution in [0.25, 0.3) is 0 Å². The summed E-state index contributed by atoms with van der Waals surface area (Å²) in [6.45, 7) is 3.79. The van der Waals surface area contributed by atoms with Crippen LogP contribution in [0.2, 0.25) is 0 Å². The van der Waals surface area contributed by atoms with E-state index in [1.54, 1.807) is 6.08 Å². The largest absolute Gasteiger partial charge is 0.394 e. The number of rotatable bonds is 52. The second kappa shape index (κ2) is 50.9. The molecular formula is C61H115NO8. The third-order valence-corrected chi connectivity index (χ3v) is 14.4. The molecule has 9 heteroatoms. The smallest absolute Gasteiger partial charge is 0.220 e. The molecule has 0 bridgehead atoms. The third-order valence-electron chi connectivity index (χ3n) is 14.4. The molecule has 0 aromatic rings. The summed E-state index contributed by atoms with van der Waals surface area (Å²) in [6, 6.07) is -0.826. The second-order valence-electron chi connectivity index (χ2n) is 21.1. The highest BCUT2D eigenvalue weighted by molar-refractivity contribution is 5.76. The van der Waals surface area contributed by atoms with Crippen molar-refractivity contribution in [2.75, 3.05) is 13.2 Å². The molecule has 0 spiro atoms. The average molecular weight is 991 g/mol. The summed E-state index contributed by atoms with van der Waals surface area (Å²) in [5, 5.41) is 54.5. The van der Waals surface area contributed by atoms with Gasteiger partial charge in [0, 0.05) is 6.42 Å². The molecule has 0 radical (unpaired) electrons. The Hall–Kier alpha value is -1.59. The Morgan fingerprint density at radius 3 is 1.20 bits per heavy atom. The lowest BCUT2D eigenvalue weighted by Crippen LogP contribution is -2.60. The SMILES string of the molecule is CCCCCCCCCCCC/C=C/CC/C=C/CC/C=C/C(O)C(COC1OC(CO)C(O)C(O)C1O)NC(=O)CCCCCCCCCCCCCCCCCCCCCCCCCCCCC. The van der Waals surface area contributed by atoms with Crippen molar-refractivity contribution < 1.29 is 39.8 Å². The predicted octanol–water partition coefficient (Wildman–Crippen LogP) is 15.1. The van der Waals surface area contributed by atoms with E-state index in [1.165, 1.54) is 225 Å². The number of ether oxygens (including phenoxy) is 2. The topological polar surface area (TPSA) is 149 Å². The molecule has 9 nitrogen and oxygen atoms in total. The lowest BCUT2D eigenvalue weighted by atomic mass is 9.99. The van der Waals surface area contributed by atoms with E-state index in [1.807, 2.05) is 6.08 Å². The highest BCUT2D eigenvalue weighted by atomic mass is 16.7. The van der Waals surface area contributed by atoms with Crippen molar-refractivity contribution >= 4 is 5.91 Å². The molecule has 7 unspecified atom stereocenters. The molecule has 1 aliphatic rings. The van der Waals surface area contributed by atoms with Crippen LogP contribution in [0.3, 0.4) is 0 Å². The maximum Gasteiger partial charge on any atom is 0.220 e. The summed E-state index contributed by atoms with van der Waals surface area (Å²) in [5.41, 5.74) is 0. The molecule has 412 valence electrons. The summed E-state index contributed by atoms with van der Waals surface area (Å²) in [7, 11) is 0. The van der Waals surface area contributed by atoms with Crippen molar-refractivity contribution in [3.05, 3.63) is 36.5 Å². The van der Waals surface area contributed by atoms with Crippen molar-refractivity contribution in [2.24, 2.45) is 0 Å². The van der Waals surface area contributed by atoms with Gasteiger partial charge in [-0.25, -0.2) is 0 Å². The first kappa shape index (κ1) is 66.4. The van der Waals surface area contributed by atoms with Crippen LogP contribution >= 0.6 is 0 Å². The van der Waals surface area contributed by atoms with Crippen molar-refractivity contribution in [2.45, 2.75) is 333 Å². The summed E-state index contributed by atoms with van der Waals surface area (Å²) in [5.74, 6) is -0.185. The van der Waals surface area contributed by atoms with Crippen LogP contribution in [0.5, 0.6) is 0 Å². The minimum absolute atomic E-state index is 0.185. The van der Waals surface area contributed by atoms with Gasteiger partial charge in [0.25, 0.3) is 0 Å². The number of unbranched alkanes of at least 4 members (excludes halogenated alkanes) is 38. The molecule has 0 aromatic carbocycles. The Balaban J connectivity index is 2.21. The second-order valence-corrected chi connectivity index (χ2v) is 21.1. The molecule has 0 aromatic heterocycles. The molecule has 1 amide bonds. The fraction of sp³-hybridized carbons (Fsp3) is 0.885. The number of aliphatic hydroxyl groups excluding tert-OH is 5. The van der Waals surface area contributed by atoms with E-state index in [-0.39, 0.29) is 12.5 Å². The minimum atomic E-state index is -1.57. The monoisotopic (exact) mass is 990 g/mol. The van der Waals surface area contributed by atoms with Crippen LogP contribution in [0.1, 0.15) is 290 Å². The zero-order valence-electron chi connectivity index (χ0n) is 45.8. The van der Waals surface area contributed by atoms with E-state index < -0.39 is 49.5 Å². The highest BCUT2D eigenvalue weighted by Gasteiger charge is 2.44. The fourth-order valence-corrected chi connectivity index (χ4v) is 9.66. The summed E-state index contributed by atoms with van der Waals surface area (Å²) in [4.78, 5) is 13.1. The van der Waals surface area contributed by atoms with Crippen LogP contribution in [0.15, 0.2) is 36.5 Å². The number of hydrogen-bond donors (Lipinski definition) is 6. The first-order valence-electron chi connectivity index (χ1n) is 30.2. The molecule has 1 saturated heterocycles. The maximum absolute atomic E-state index is 13.1. The minimum Gasteiger partial charge on any atom is -0.394 e. The molecule has 1 aliphatic heterocycles. The molecular weight excluding hydrogens is 875 g/mol. The highest BCUT2D eigenvalue weighted by Crippen LogP contribution is 2.23. The van der Waals surface area contributed by atoms with Gasteiger partial charge in [-0.15, -0.1) is 0 Å². The number of hydrogen-bond acceptors (Lipinski definition) is 8. The van der Waals surface area contributed by atoms with Gasteiger partial charge < -0.3 is 40.3 Å². The van der Waals surface area contributed by atoms with Gasteiger partial charge in [-0.2, -0.15) is 0 Å². The van der Waals surface area contributed by atoms with E-state index in [9.17, 15) is 30.3 Å². The molecule has 7 atom stereocenters. The Morgan fingerprint density at radius 1 is 0.471 bits per heavy atom. The van der Waals surface area contributed by atoms with Crippen molar-refractivity contribution in [3.63, 3.8) is 0 Å². The molecule has 6 N–H and O–H groups in total. The Bertz CT molecular complexity index is 1190. The first-order valence-corrected chi connectivity index (χ1v) is 30.2. The van der Waals surface area contributed by atoms with E-state index >= 15 is 0 Å². The number of aliphatic hydroxyl groups is 5. The van der Waals surface area contributed by atoms with Crippen LogP contribution in [-0.2, 0) is 14.3 Å². The van der Waals surface area contributed by atoms with Gasteiger partial charge >= 0.3 is 0 Å². The number of carbonyl (C=O) groups is 1. The molecule has 0 saturated carbocycles. The summed E-state index contributed by atoms with van der Waals surface area (Å²) >= 11 is 0. The van der Waals surface area contributed by atoms with Crippen molar-refractivity contribution in [1.29, 1.82) is 0 Å². The molecule has 1 fully saturated rings. The van der Waals surface area contributed by atoms with E-state index in [2.05, 4.69) is 43.5 Å². The van der Waals surface area contributed by atoms with E-state index in [0.29, 0.717) is 6.42 Å². The van der Waals surface area contributed by atoms with Crippen LogP contribution in [-0.4, -0.2) is 87.5 Å². The van der Waals surface area contributed by atoms with Gasteiger partial charge in [0.05, 0.1) is 25.4 Å². The summed E-state index contributed by atoms with van der Waals surface area (Å²) in [6.07, 6.45) is 59.4. The van der Waals surface area contributed by atoms with Gasteiger partial charge in [0.15, 0.2) is 6.29 Å². The first-order chi connectivity index (χ1) is 34.3. The number of nitrogens with one attached hydrogen (secondary N) is 1. The Morgan fingerprint density at radius 2 is 0.814 bits per heavy atom. The number of allylic oxidation sites excluding steroid dienone is 5. The van der Waals surface area contributed by atoms with Gasteiger partial charge in [0.2, 0.25) is 5.91 Å². The Labute approximate surface area is 431 Å². The third kappa shape index (κ3) is 39.9. The average Bonchev–Trinajstić information content (AvgIpc) is 3.36. The van der Waals surface area contributed by atoms with Gasteiger partial charge in [-0.3, -0.25) is 4.79 Å². The molecule has 0 aliphatic carbocycles. The number of carbonyl (C=O) groups excluding carboxylic acids is 1. The van der Waals surface area contributed by atoms with E-state index in [0.717, 1.165) is 44.9 Å². The van der Waals surface area contributed by atoms with Gasteiger partial charge in [0.1, 0.15) is 24.4 Å². The fourth-order valence-electron chi connectivity index (χ4n) is 9.66. The number of amides is 1. The Kier molecular flexibility index (Phi) is 48.3. The standard InChI is InChI=1S/C61H115NO8/c1-3-5-7-9-11-13-15-17-19-21-23-25-26-27-28-29-30-31-33-35-37-39-41-43-45-47-49-51-57(65)62-54(53-69-61-60(68)59(67)58(66)56(52-63)70-61)55(64)50-48-46-44-42-40-38-36-34-32-24-22-20-18-16-14-12-10-8-6-4-2/h32,34,40,42,48,50,54-56,58-61,63-64,66-68H,3-31,33,35-39,41,43-47,49,51-53H2,1-2H3,(H,62,65)/b34-32+,42-40+,50-48+. The van der Waals surface area contributed by atoms with Crippen molar-refractivity contribution in [1.82, 2.24) is 5.32 Å². The lowest BCUT2D eigenvalue weighted by Gasteiger charge is -2.40. The van der Waals surface area contributed by atoms with E-state index in [4.69, 9.17) is 9.47 Å². The summed E-state index contributed by atoms with van der Waals surface area (Å²) < 4.78 is 11.3. The normalized spacial score (nSPS) is 19.6. The van der Waals surface area contributed by atoms with Crippen LogP contribution < -0.4 is 5.32 Å². The van der Waals surface area contributed by atoms with Crippen LogP contribution in [0.4, 0.5) is 0 Å². The van der Waals surface area contributed by atoms with Crippen molar-refractivity contribution in [3.8, 4) is 0 Å². The zero-order valence-corrected chi connectivity index (χ0v) is 45.8. The lowest BCUT2D eigenvalue weighted by molar-refractivity contribution is -0.302. The molecule has 1 heterocycles. The quantitative estimate of drug-likeness (QED) is 0.0261. The van der Waals surface area contributed by atoms with Gasteiger partial charge in [-0.05, 0) is 44.9 Å². The predicted molar refractivity (Wildman–Crippen MR) is 295 cm³/mol. The molecule has 1 rings (SSSR count). The van der Waals surface area contributed by atoms with Gasteiger partial charge in [-0.1, -0.05) is 275 Å². The van der Waals surface area contributed by atoms with Crippen LogP contribution in [0, 0.1) is 0 Å².